The van der Waals surface area contributed by atoms with E-state index < -0.39 is 0 Å². The number of likely N-dealkylation sites (N-methyl/N-ethyl adjacent to an activating group) is 1. The molecule has 1 aromatic heterocycles. The lowest BCUT2D eigenvalue weighted by Gasteiger charge is -2.20. The van der Waals surface area contributed by atoms with E-state index in [2.05, 4.69) is 43.1 Å². The minimum atomic E-state index is 1.05. The van der Waals surface area contributed by atoms with Gasteiger partial charge in [-0.25, -0.2) is 4.98 Å². The predicted octanol–water partition coefficient (Wildman–Crippen LogP) is 3.32. The Labute approximate surface area is 106 Å². The van der Waals surface area contributed by atoms with E-state index in [0.717, 1.165) is 25.0 Å². The topological polar surface area (TPSA) is 16.1 Å². The van der Waals surface area contributed by atoms with Crippen molar-refractivity contribution < 1.29 is 0 Å². The Morgan fingerprint density at radius 1 is 1.35 bits per heavy atom. The molecule has 0 amide bonds. The summed E-state index contributed by atoms with van der Waals surface area (Å²) < 4.78 is 1.31. The first-order valence-electron chi connectivity index (χ1n) is 5.97. The molecule has 0 saturated heterocycles. The summed E-state index contributed by atoms with van der Waals surface area (Å²) in [5.41, 5.74) is 3.86. The standard InChI is InChI=1S/C14H16N2S/c1-10-3-4-12-13(9-10)17-14(15-12)11-5-7-16(2)8-6-11/h3-5,9H,6-8H2,1-2H3. The molecule has 17 heavy (non-hydrogen) atoms. The highest BCUT2D eigenvalue weighted by molar-refractivity contribution is 7.19. The van der Waals surface area contributed by atoms with Crippen LogP contribution in [0.1, 0.15) is 17.0 Å². The maximum atomic E-state index is 4.73. The number of aryl methyl sites for hydroxylation is 1. The van der Waals surface area contributed by atoms with E-state index in [1.54, 1.807) is 0 Å². The second kappa shape index (κ2) is 4.24. The normalized spacial score (nSPS) is 17.4. The zero-order valence-electron chi connectivity index (χ0n) is 10.2. The van der Waals surface area contributed by atoms with E-state index in [1.807, 2.05) is 11.3 Å². The highest BCUT2D eigenvalue weighted by atomic mass is 32.1. The van der Waals surface area contributed by atoms with Gasteiger partial charge in [-0.05, 0) is 43.7 Å². The molecule has 0 fully saturated rings. The molecule has 1 aliphatic rings. The Balaban J connectivity index is 2.01. The zero-order valence-corrected chi connectivity index (χ0v) is 11.0. The van der Waals surface area contributed by atoms with Crippen molar-refractivity contribution in [1.29, 1.82) is 0 Å². The van der Waals surface area contributed by atoms with E-state index in [9.17, 15) is 0 Å². The van der Waals surface area contributed by atoms with E-state index in [0.29, 0.717) is 0 Å². The van der Waals surface area contributed by atoms with Crippen LogP contribution in [-0.2, 0) is 0 Å². The first-order chi connectivity index (χ1) is 8.22. The maximum absolute atomic E-state index is 4.73. The smallest absolute Gasteiger partial charge is 0.120 e. The summed E-state index contributed by atoms with van der Waals surface area (Å²) in [7, 11) is 2.16. The van der Waals surface area contributed by atoms with Crippen molar-refractivity contribution in [3.8, 4) is 0 Å². The molecule has 0 radical (unpaired) electrons. The molecule has 0 unspecified atom stereocenters. The molecule has 3 heteroatoms. The summed E-state index contributed by atoms with van der Waals surface area (Å²) in [5, 5.41) is 1.21. The number of benzene rings is 1. The van der Waals surface area contributed by atoms with E-state index >= 15 is 0 Å². The zero-order chi connectivity index (χ0) is 11.8. The molecule has 3 rings (SSSR count). The van der Waals surface area contributed by atoms with E-state index in [1.165, 1.54) is 20.8 Å². The summed E-state index contributed by atoms with van der Waals surface area (Å²) in [6.45, 7) is 4.32. The fourth-order valence-electron chi connectivity index (χ4n) is 2.13. The van der Waals surface area contributed by atoms with E-state index in [4.69, 9.17) is 4.98 Å². The van der Waals surface area contributed by atoms with Crippen molar-refractivity contribution in [3.05, 3.63) is 34.8 Å². The van der Waals surface area contributed by atoms with Crippen molar-refractivity contribution in [2.45, 2.75) is 13.3 Å². The van der Waals surface area contributed by atoms with Gasteiger partial charge in [-0.3, -0.25) is 0 Å². The molecule has 0 spiro atoms. The minimum Gasteiger partial charge on any atom is -0.302 e. The first kappa shape index (κ1) is 10.9. The van der Waals surface area contributed by atoms with Gasteiger partial charge in [-0.2, -0.15) is 0 Å². The Bertz CT molecular complexity index is 583. The van der Waals surface area contributed by atoms with Crippen LogP contribution in [0.15, 0.2) is 24.3 Å². The third kappa shape index (κ3) is 2.13. The summed E-state index contributed by atoms with van der Waals surface area (Å²) in [6.07, 6.45) is 3.43. The Kier molecular flexibility index (Phi) is 2.73. The Hall–Kier alpha value is -1.19. The highest BCUT2D eigenvalue weighted by Crippen LogP contribution is 2.30. The number of nitrogens with zero attached hydrogens (tertiary/aromatic N) is 2. The molecule has 1 aromatic carbocycles. The number of thiazole rings is 1. The number of hydrogen-bond donors (Lipinski definition) is 0. The second-order valence-corrected chi connectivity index (χ2v) is 5.76. The van der Waals surface area contributed by atoms with Gasteiger partial charge in [0.2, 0.25) is 0 Å². The van der Waals surface area contributed by atoms with Crippen molar-refractivity contribution in [1.82, 2.24) is 9.88 Å². The monoisotopic (exact) mass is 244 g/mol. The number of hydrogen-bond acceptors (Lipinski definition) is 3. The molecule has 2 aromatic rings. The fraction of sp³-hybridized carbons (Fsp3) is 0.357. The lowest BCUT2D eigenvalue weighted by atomic mass is 10.1. The molecule has 0 aliphatic carbocycles. The van der Waals surface area contributed by atoms with Crippen LogP contribution in [-0.4, -0.2) is 30.0 Å². The number of fused-ring (bicyclic) bond motifs is 1. The maximum Gasteiger partial charge on any atom is 0.120 e. The fourth-order valence-corrected chi connectivity index (χ4v) is 3.27. The lowest BCUT2D eigenvalue weighted by Crippen LogP contribution is -2.23. The van der Waals surface area contributed by atoms with Crippen LogP contribution >= 0.6 is 11.3 Å². The van der Waals surface area contributed by atoms with Crippen LogP contribution in [0.4, 0.5) is 0 Å². The predicted molar refractivity (Wildman–Crippen MR) is 74.4 cm³/mol. The Morgan fingerprint density at radius 2 is 2.24 bits per heavy atom. The SMILES string of the molecule is Cc1ccc2nc(C3=CCN(C)CC3)sc2c1. The molecular formula is C14H16N2S. The summed E-state index contributed by atoms with van der Waals surface area (Å²) in [5.74, 6) is 0. The third-order valence-corrected chi connectivity index (χ3v) is 4.32. The average Bonchev–Trinajstić information content (AvgIpc) is 2.72. The van der Waals surface area contributed by atoms with Gasteiger partial charge in [0.05, 0.1) is 10.2 Å². The molecule has 2 heterocycles. The molecule has 0 N–H and O–H groups in total. The summed E-state index contributed by atoms with van der Waals surface area (Å²) in [4.78, 5) is 7.07. The highest BCUT2D eigenvalue weighted by Gasteiger charge is 2.13. The molecular weight excluding hydrogens is 228 g/mol. The van der Waals surface area contributed by atoms with Gasteiger partial charge in [-0.15, -0.1) is 11.3 Å². The number of aromatic nitrogens is 1. The molecule has 1 aliphatic heterocycles. The molecule has 88 valence electrons. The Morgan fingerprint density at radius 3 is 3.00 bits per heavy atom. The van der Waals surface area contributed by atoms with Crippen LogP contribution in [0.5, 0.6) is 0 Å². The van der Waals surface area contributed by atoms with Crippen molar-refractivity contribution >= 4 is 27.1 Å². The summed E-state index contributed by atoms with van der Waals surface area (Å²) in [6, 6.07) is 6.49. The average molecular weight is 244 g/mol. The van der Waals surface area contributed by atoms with Crippen molar-refractivity contribution in [2.24, 2.45) is 0 Å². The van der Waals surface area contributed by atoms with Crippen LogP contribution in [0.25, 0.3) is 15.8 Å². The third-order valence-electron chi connectivity index (χ3n) is 3.23. The molecule has 0 saturated carbocycles. The number of rotatable bonds is 1. The van der Waals surface area contributed by atoms with Crippen molar-refractivity contribution in [2.75, 3.05) is 20.1 Å². The second-order valence-electron chi connectivity index (χ2n) is 4.73. The van der Waals surface area contributed by atoms with Gasteiger partial charge in [0, 0.05) is 13.1 Å². The summed E-state index contributed by atoms with van der Waals surface area (Å²) >= 11 is 1.82. The van der Waals surface area contributed by atoms with Crippen molar-refractivity contribution in [3.63, 3.8) is 0 Å². The van der Waals surface area contributed by atoms with Crippen LogP contribution in [0, 0.1) is 6.92 Å². The molecule has 0 atom stereocenters. The van der Waals surface area contributed by atoms with Gasteiger partial charge in [0.25, 0.3) is 0 Å². The van der Waals surface area contributed by atoms with Crippen LogP contribution < -0.4 is 0 Å². The molecule has 2 nitrogen and oxygen atoms in total. The quantitative estimate of drug-likeness (QED) is 0.765. The van der Waals surface area contributed by atoms with Gasteiger partial charge < -0.3 is 4.90 Å². The molecule has 0 bridgehead atoms. The van der Waals surface area contributed by atoms with Gasteiger partial charge in [-0.1, -0.05) is 12.1 Å². The lowest BCUT2D eigenvalue weighted by molar-refractivity contribution is 0.370. The van der Waals surface area contributed by atoms with Crippen LogP contribution in [0.3, 0.4) is 0 Å². The van der Waals surface area contributed by atoms with Crippen LogP contribution in [0.2, 0.25) is 0 Å². The largest absolute Gasteiger partial charge is 0.302 e. The van der Waals surface area contributed by atoms with Gasteiger partial charge >= 0.3 is 0 Å². The van der Waals surface area contributed by atoms with Gasteiger partial charge in [0.15, 0.2) is 0 Å². The first-order valence-corrected chi connectivity index (χ1v) is 6.79. The minimum absolute atomic E-state index is 1.05. The van der Waals surface area contributed by atoms with Gasteiger partial charge in [0.1, 0.15) is 5.01 Å². The van der Waals surface area contributed by atoms with E-state index in [-0.39, 0.29) is 0 Å².